The highest BCUT2D eigenvalue weighted by Gasteiger charge is 2.34. The second kappa shape index (κ2) is 5.52. The van der Waals surface area contributed by atoms with Crippen molar-refractivity contribution in [3.63, 3.8) is 0 Å². The Morgan fingerprint density at radius 1 is 0.652 bits per heavy atom. The molecule has 3 aromatic carbocycles. The first-order valence-electron chi connectivity index (χ1n) is 7.35. The van der Waals surface area contributed by atoms with Gasteiger partial charge >= 0.3 is 0 Å². The summed E-state index contributed by atoms with van der Waals surface area (Å²) >= 11 is 13.0. The zero-order chi connectivity index (χ0) is 16.0. The van der Waals surface area contributed by atoms with Crippen molar-refractivity contribution in [1.82, 2.24) is 0 Å². The summed E-state index contributed by atoms with van der Waals surface area (Å²) in [5.74, 6) is -0.159. The number of carbonyl (C=O) groups excluding carboxylic acids is 1. The van der Waals surface area contributed by atoms with E-state index in [0.29, 0.717) is 21.2 Å². The van der Waals surface area contributed by atoms with Gasteiger partial charge in [-0.25, -0.2) is 0 Å². The summed E-state index contributed by atoms with van der Waals surface area (Å²) in [6.45, 7) is 0. The maximum absolute atomic E-state index is 12.9. The summed E-state index contributed by atoms with van der Waals surface area (Å²) in [6, 6.07) is 21.0. The fourth-order valence-corrected chi connectivity index (χ4v) is 3.89. The van der Waals surface area contributed by atoms with Crippen LogP contribution in [0.1, 0.15) is 38.5 Å². The van der Waals surface area contributed by atoms with Crippen molar-refractivity contribution >= 4 is 29.0 Å². The highest BCUT2D eigenvalue weighted by Crippen LogP contribution is 2.46. The summed E-state index contributed by atoms with van der Waals surface area (Å²) in [7, 11) is 0. The average molecular weight is 339 g/mol. The maximum atomic E-state index is 12.9. The predicted molar refractivity (Wildman–Crippen MR) is 93.7 cm³/mol. The molecule has 0 bridgehead atoms. The number of fused-ring (bicyclic) bond motifs is 2. The zero-order valence-corrected chi connectivity index (χ0v) is 13.6. The lowest BCUT2D eigenvalue weighted by Gasteiger charge is -2.29. The third-order valence-electron chi connectivity index (χ3n) is 4.31. The van der Waals surface area contributed by atoms with Crippen molar-refractivity contribution in [2.24, 2.45) is 0 Å². The molecule has 0 heterocycles. The SMILES string of the molecule is O=C1c2cccc(Cl)c2C(c2ccccc2)c2c(Cl)cccc21. The Hall–Kier alpha value is -2.09. The lowest BCUT2D eigenvalue weighted by atomic mass is 9.74. The van der Waals surface area contributed by atoms with Crippen LogP contribution in [0.2, 0.25) is 10.0 Å². The largest absolute Gasteiger partial charge is 0.289 e. The Labute approximate surface area is 144 Å². The highest BCUT2D eigenvalue weighted by molar-refractivity contribution is 6.34. The van der Waals surface area contributed by atoms with E-state index in [-0.39, 0.29) is 11.7 Å². The number of hydrogen-bond acceptors (Lipinski definition) is 1. The van der Waals surface area contributed by atoms with Crippen LogP contribution >= 0.6 is 23.2 Å². The van der Waals surface area contributed by atoms with Gasteiger partial charge in [0.2, 0.25) is 0 Å². The molecule has 0 aromatic heterocycles. The number of rotatable bonds is 1. The smallest absolute Gasteiger partial charge is 0.193 e. The van der Waals surface area contributed by atoms with Crippen molar-refractivity contribution in [1.29, 1.82) is 0 Å². The number of halogens is 2. The monoisotopic (exact) mass is 338 g/mol. The van der Waals surface area contributed by atoms with Crippen LogP contribution in [0.4, 0.5) is 0 Å². The topological polar surface area (TPSA) is 17.1 Å². The van der Waals surface area contributed by atoms with Crippen molar-refractivity contribution in [3.8, 4) is 0 Å². The van der Waals surface area contributed by atoms with Crippen LogP contribution in [0.25, 0.3) is 0 Å². The molecule has 23 heavy (non-hydrogen) atoms. The molecule has 0 fully saturated rings. The molecular formula is C20H12Cl2O. The van der Waals surface area contributed by atoms with Crippen LogP contribution in [0.3, 0.4) is 0 Å². The van der Waals surface area contributed by atoms with Gasteiger partial charge in [-0.1, -0.05) is 77.8 Å². The van der Waals surface area contributed by atoms with Crippen LogP contribution in [-0.2, 0) is 0 Å². The quantitative estimate of drug-likeness (QED) is 0.434. The van der Waals surface area contributed by atoms with Crippen molar-refractivity contribution in [2.75, 3.05) is 0 Å². The normalized spacial score (nSPS) is 13.6. The van der Waals surface area contributed by atoms with Gasteiger partial charge in [-0.15, -0.1) is 0 Å². The van der Waals surface area contributed by atoms with Crippen molar-refractivity contribution in [2.45, 2.75) is 5.92 Å². The van der Waals surface area contributed by atoms with Gasteiger partial charge in [0, 0.05) is 27.1 Å². The first-order valence-corrected chi connectivity index (χ1v) is 8.10. The molecule has 112 valence electrons. The summed E-state index contributed by atoms with van der Waals surface area (Å²) in [6.07, 6.45) is 0. The molecule has 1 aliphatic carbocycles. The van der Waals surface area contributed by atoms with E-state index < -0.39 is 0 Å². The summed E-state index contributed by atoms with van der Waals surface area (Å²) in [4.78, 5) is 12.9. The second-order valence-corrected chi connectivity index (χ2v) is 6.39. The zero-order valence-electron chi connectivity index (χ0n) is 12.1. The maximum Gasteiger partial charge on any atom is 0.193 e. The van der Waals surface area contributed by atoms with Gasteiger partial charge in [0.25, 0.3) is 0 Å². The summed E-state index contributed by atoms with van der Waals surface area (Å²) in [5.41, 5.74) is 4.06. The van der Waals surface area contributed by atoms with Gasteiger partial charge in [0.05, 0.1) is 0 Å². The molecule has 0 saturated carbocycles. The fourth-order valence-electron chi connectivity index (χ4n) is 3.33. The number of hydrogen-bond donors (Lipinski definition) is 0. The number of carbonyl (C=O) groups is 1. The number of benzene rings is 3. The molecule has 0 atom stereocenters. The Morgan fingerprint density at radius 3 is 1.70 bits per heavy atom. The minimum absolute atomic E-state index is 0.0211. The van der Waals surface area contributed by atoms with Crippen LogP contribution in [-0.4, -0.2) is 5.78 Å². The Bertz CT molecular complexity index is 861. The Kier molecular flexibility index (Phi) is 3.48. The van der Waals surface area contributed by atoms with Crippen LogP contribution < -0.4 is 0 Å². The van der Waals surface area contributed by atoms with E-state index in [1.165, 1.54) is 0 Å². The molecule has 0 saturated heterocycles. The minimum atomic E-state index is -0.138. The molecule has 3 aromatic rings. The second-order valence-electron chi connectivity index (χ2n) is 5.57. The molecule has 0 radical (unpaired) electrons. The third-order valence-corrected chi connectivity index (χ3v) is 4.96. The fraction of sp³-hybridized carbons (Fsp3) is 0.0500. The van der Waals surface area contributed by atoms with Crippen LogP contribution in [0.15, 0.2) is 66.7 Å². The Balaban J connectivity index is 2.10. The molecular weight excluding hydrogens is 327 g/mol. The van der Waals surface area contributed by atoms with Gasteiger partial charge in [-0.3, -0.25) is 4.79 Å². The highest BCUT2D eigenvalue weighted by atomic mass is 35.5. The molecule has 1 nitrogen and oxygen atoms in total. The third kappa shape index (κ3) is 2.20. The van der Waals surface area contributed by atoms with E-state index in [1.54, 1.807) is 0 Å². The van der Waals surface area contributed by atoms with Gasteiger partial charge < -0.3 is 0 Å². The molecule has 3 heteroatoms. The van der Waals surface area contributed by atoms with E-state index in [2.05, 4.69) is 0 Å². The molecule has 1 aliphatic rings. The van der Waals surface area contributed by atoms with Gasteiger partial charge in [-0.2, -0.15) is 0 Å². The van der Waals surface area contributed by atoms with E-state index in [4.69, 9.17) is 23.2 Å². The van der Waals surface area contributed by atoms with Gasteiger partial charge in [-0.05, 0) is 28.8 Å². The lowest BCUT2D eigenvalue weighted by Crippen LogP contribution is -2.21. The van der Waals surface area contributed by atoms with Crippen LogP contribution in [0, 0.1) is 0 Å². The van der Waals surface area contributed by atoms with Crippen LogP contribution in [0.5, 0.6) is 0 Å². The van der Waals surface area contributed by atoms with Crippen molar-refractivity contribution < 1.29 is 4.79 Å². The number of ketones is 1. The van der Waals surface area contributed by atoms with E-state index in [0.717, 1.165) is 16.7 Å². The molecule has 4 rings (SSSR count). The van der Waals surface area contributed by atoms with E-state index in [1.807, 2.05) is 66.7 Å². The molecule has 0 N–H and O–H groups in total. The molecule has 0 aliphatic heterocycles. The standard InChI is InChI=1S/C20H12Cl2O/c21-15-10-4-8-13-18(15)17(12-6-2-1-3-7-12)19-14(20(13)23)9-5-11-16(19)22/h1-11,17H. The summed E-state index contributed by atoms with van der Waals surface area (Å²) in [5, 5.41) is 1.19. The molecule has 0 amide bonds. The lowest BCUT2D eigenvalue weighted by molar-refractivity contribution is 0.103. The summed E-state index contributed by atoms with van der Waals surface area (Å²) < 4.78 is 0. The average Bonchev–Trinajstić information content (AvgIpc) is 2.57. The van der Waals surface area contributed by atoms with Crippen molar-refractivity contribution in [3.05, 3.63) is 105 Å². The van der Waals surface area contributed by atoms with E-state index in [9.17, 15) is 4.79 Å². The first-order chi connectivity index (χ1) is 11.2. The van der Waals surface area contributed by atoms with Gasteiger partial charge in [0.15, 0.2) is 5.78 Å². The van der Waals surface area contributed by atoms with Gasteiger partial charge in [0.1, 0.15) is 0 Å². The first kappa shape index (κ1) is 14.5. The molecule has 0 spiro atoms. The Morgan fingerprint density at radius 2 is 1.17 bits per heavy atom. The minimum Gasteiger partial charge on any atom is -0.289 e. The molecule has 0 unspecified atom stereocenters. The van der Waals surface area contributed by atoms with E-state index >= 15 is 0 Å². The predicted octanol–water partition coefficient (Wildman–Crippen LogP) is 5.72.